The predicted octanol–water partition coefficient (Wildman–Crippen LogP) is 3.80. The molecule has 0 saturated heterocycles. The Labute approximate surface area is 113 Å². The van der Waals surface area contributed by atoms with Crippen molar-refractivity contribution >= 4 is 27.7 Å². The number of pyridine rings is 1. The second-order valence-corrected chi connectivity index (χ2v) is 5.62. The summed E-state index contributed by atoms with van der Waals surface area (Å²) in [6.45, 7) is 2.13. The number of aliphatic hydroxyl groups excluding tert-OH is 1. The lowest BCUT2D eigenvalue weighted by atomic mass is 10.2. The molecule has 0 fully saturated rings. The molecule has 1 aromatic heterocycles. The van der Waals surface area contributed by atoms with E-state index in [0.717, 1.165) is 20.0 Å². The Balaban J connectivity index is 2.16. The highest BCUT2D eigenvalue weighted by Gasteiger charge is 2.01. The SMILES string of the molecule is Cc1cc(Sc2ccc(CO)cc2)ncc1Br. The molecule has 0 bridgehead atoms. The standard InChI is InChI=1S/C13H12BrNOS/c1-9-6-13(15-7-12(9)14)17-11-4-2-10(8-16)3-5-11/h2-7,16H,8H2,1H3. The Kier molecular flexibility index (Phi) is 4.20. The molecule has 1 heterocycles. The third-order valence-corrected chi connectivity index (χ3v) is 4.12. The van der Waals surface area contributed by atoms with E-state index in [1.54, 1.807) is 11.8 Å². The lowest BCUT2D eigenvalue weighted by Gasteiger charge is -2.04. The van der Waals surface area contributed by atoms with Crippen molar-refractivity contribution in [3.8, 4) is 0 Å². The molecule has 0 amide bonds. The van der Waals surface area contributed by atoms with E-state index in [1.165, 1.54) is 5.56 Å². The molecule has 88 valence electrons. The van der Waals surface area contributed by atoms with Crippen LogP contribution in [0.4, 0.5) is 0 Å². The van der Waals surface area contributed by atoms with Gasteiger partial charge < -0.3 is 5.11 Å². The second-order valence-electron chi connectivity index (χ2n) is 3.68. The highest BCUT2D eigenvalue weighted by atomic mass is 79.9. The minimum atomic E-state index is 0.0839. The van der Waals surface area contributed by atoms with Gasteiger partial charge in [-0.05, 0) is 52.2 Å². The number of aryl methyl sites for hydroxylation is 1. The zero-order valence-corrected chi connectivity index (χ0v) is 11.8. The van der Waals surface area contributed by atoms with Gasteiger partial charge in [0.25, 0.3) is 0 Å². The van der Waals surface area contributed by atoms with E-state index in [1.807, 2.05) is 37.4 Å². The topological polar surface area (TPSA) is 33.1 Å². The van der Waals surface area contributed by atoms with E-state index in [4.69, 9.17) is 5.11 Å². The van der Waals surface area contributed by atoms with Crippen LogP contribution in [0.1, 0.15) is 11.1 Å². The molecule has 17 heavy (non-hydrogen) atoms. The van der Waals surface area contributed by atoms with Gasteiger partial charge in [-0.25, -0.2) is 4.98 Å². The zero-order valence-electron chi connectivity index (χ0n) is 9.35. The fourth-order valence-corrected chi connectivity index (χ4v) is 2.42. The molecule has 0 aliphatic heterocycles. The van der Waals surface area contributed by atoms with Crippen LogP contribution < -0.4 is 0 Å². The fraction of sp³-hybridized carbons (Fsp3) is 0.154. The van der Waals surface area contributed by atoms with E-state index in [-0.39, 0.29) is 6.61 Å². The van der Waals surface area contributed by atoms with Crippen LogP contribution in [0, 0.1) is 6.92 Å². The van der Waals surface area contributed by atoms with Crippen LogP contribution in [0.15, 0.2) is 50.9 Å². The van der Waals surface area contributed by atoms with E-state index in [0.29, 0.717) is 0 Å². The van der Waals surface area contributed by atoms with Crippen LogP contribution in [-0.2, 0) is 6.61 Å². The minimum Gasteiger partial charge on any atom is -0.392 e. The molecule has 1 N–H and O–H groups in total. The molecular formula is C13H12BrNOS. The summed E-state index contributed by atoms with van der Waals surface area (Å²) in [7, 11) is 0. The summed E-state index contributed by atoms with van der Waals surface area (Å²) in [6, 6.07) is 9.89. The second kappa shape index (κ2) is 5.67. The van der Waals surface area contributed by atoms with Crippen LogP contribution in [0.3, 0.4) is 0 Å². The Morgan fingerprint density at radius 1 is 1.29 bits per heavy atom. The van der Waals surface area contributed by atoms with Crippen LogP contribution >= 0.6 is 27.7 Å². The number of hydrogen-bond acceptors (Lipinski definition) is 3. The maximum Gasteiger partial charge on any atom is 0.101 e. The van der Waals surface area contributed by atoms with Gasteiger partial charge >= 0.3 is 0 Å². The number of rotatable bonds is 3. The number of nitrogens with zero attached hydrogens (tertiary/aromatic N) is 1. The van der Waals surface area contributed by atoms with Crippen LogP contribution in [0.5, 0.6) is 0 Å². The number of hydrogen-bond donors (Lipinski definition) is 1. The molecular weight excluding hydrogens is 298 g/mol. The van der Waals surface area contributed by atoms with E-state index in [9.17, 15) is 0 Å². The Bertz CT molecular complexity index is 513. The summed E-state index contributed by atoms with van der Waals surface area (Å²) >= 11 is 5.05. The molecule has 0 aliphatic carbocycles. The smallest absolute Gasteiger partial charge is 0.101 e. The molecule has 0 unspecified atom stereocenters. The fourth-order valence-electron chi connectivity index (χ4n) is 1.35. The number of halogens is 1. The Hall–Kier alpha value is -0.840. The quantitative estimate of drug-likeness (QED) is 0.936. The summed E-state index contributed by atoms with van der Waals surface area (Å²) in [5.41, 5.74) is 2.10. The lowest BCUT2D eigenvalue weighted by molar-refractivity contribution is 0.282. The first-order valence-electron chi connectivity index (χ1n) is 5.19. The summed E-state index contributed by atoms with van der Waals surface area (Å²) in [5.74, 6) is 0. The van der Waals surface area contributed by atoms with Crippen molar-refractivity contribution < 1.29 is 5.11 Å². The summed E-state index contributed by atoms with van der Waals surface area (Å²) < 4.78 is 1.03. The van der Waals surface area contributed by atoms with Gasteiger partial charge in [-0.3, -0.25) is 0 Å². The summed E-state index contributed by atoms with van der Waals surface area (Å²) in [5, 5.41) is 9.94. The zero-order chi connectivity index (χ0) is 12.3. The molecule has 2 rings (SSSR count). The van der Waals surface area contributed by atoms with Crippen LogP contribution in [0.25, 0.3) is 0 Å². The molecule has 0 aliphatic rings. The molecule has 0 radical (unpaired) electrons. The van der Waals surface area contributed by atoms with Crippen molar-refractivity contribution in [2.75, 3.05) is 0 Å². The van der Waals surface area contributed by atoms with Crippen molar-refractivity contribution in [2.45, 2.75) is 23.5 Å². The third kappa shape index (κ3) is 3.31. The largest absolute Gasteiger partial charge is 0.392 e. The van der Waals surface area contributed by atoms with Gasteiger partial charge in [0, 0.05) is 15.6 Å². The predicted molar refractivity (Wildman–Crippen MR) is 73.2 cm³/mol. The molecule has 0 spiro atoms. The number of aromatic nitrogens is 1. The van der Waals surface area contributed by atoms with Gasteiger partial charge in [0.15, 0.2) is 0 Å². The maximum absolute atomic E-state index is 8.96. The first-order chi connectivity index (χ1) is 8.19. The average molecular weight is 310 g/mol. The van der Waals surface area contributed by atoms with Crippen LogP contribution in [0.2, 0.25) is 0 Å². The first kappa shape index (κ1) is 12.6. The summed E-state index contributed by atoms with van der Waals surface area (Å²) in [4.78, 5) is 5.47. The van der Waals surface area contributed by atoms with Crippen molar-refractivity contribution in [1.82, 2.24) is 4.98 Å². The summed E-state index contributed by atoms with van der Waals surface area (Å²) in [6.07, 6.45) is 1.82. The van der Waals surface area contributed by atoms with Crippen molar-refractivity contribution in [2.24, 2.45) is 0 Å². The highest BCUT2D eigenvalue weighted by Crippen LogP contribution is 2.28. The highest BCUT2D eigenvalue weighted by molar-refractivity contribution is 9.10. The van der Waals surface area contributed by atoms with E-state index < -0.39 is 0 Å². The van der Waals surface area contributed by atoms with Gasteiger partial charge in [0.1, 0.15) is 5.03 Å². The van der Waals surface area contributed by atoms with Crippen LogP contribution in [-0.4, -0.2) is 10.1 Å². The normalized spacial score (nSPS) is 10.5. The molecule has 1 aromatic carbocycles. The average Bonchev–Trinajstić information content (AvgIpc) is 2.35. The van der Waals surface area contributed by atoms with Gasteiger partial charge in [0.05, 0.1) is 6.61 Å². The van der Waals surface area contributed by atoms with Crippen molar-refractivity contribution in [3.05, 3.63) is 52.1 Å². The van der Waals surface area contributed by atoms with Gasteiger partial charge in [-0.1, -0.05) is 23.9 Å². The van der Waals surface area contributed by atoms with E-state index in [2.05, 4.69) is 27.0 Å². The van der Waals surface area contributed by atoms with Crippen molar-refractivity contribution in [1.29, 1.82) is 0 Å². The van der Waals surface area contributed by atoms with E-state index >= 15 is 0 Å². The minimum absolute atomic E-state index is 0.0839. The van der Waals surface area contributed by atoms with Gasteiger partial charge in [-0.2, -0.15) is 0 Å². The molecule has 0 atom stereocenters. The maximum atomic E-state index is 8.96. The Morgan fingerprint density at radius 3 is 2.59 bits per heavy atom. The monoisotopic (exact) mass is 309 g/mol. The van der Waals surface area contributed by atoms with Crippen molar-refractivity contribution in [3.63, 3.8) is 0 Å². The van der Waals surface area contributed by atoms with Gasteiger partial charge in [-0.15, -0.1) is 0 Å². The Morgan fingerprint density at radius 2 is 2.00 bits per heavy atom. The molecule has 0 saturated carbocycles. The lowest BCUT2D eigenvalue weighted by Crippen LogP contribution is -1.85. The number of benzene rings is 1. The number of aliphatic hydroxyl groups is 1. The first-order valence-corrected chi connectivity index (χ1v) is 6.80. The molecule has 2 nitrogen and oxygen atoms in total. The van der Waals surface area contributed by atoms with Gasteiger partial charge in [0.2, 0.25) is 0 Å². The third-order valence-electron chi connectivity index (χ3n) is 2.35. The molecule has 4 heteroatoms. The molecule has 2 aromatic rings.